The first-order valence-electron chi connectivity index (χ1n) is 8.74. The van der Waals surface area contributed by atoms with Crippen molar-refractivity contribution in [2.45, 2.75) is 12.5 Å². The lowest BCUT2D eigenvalue weighted by molar-refractivity contribution is -0.137. The monoisotopic (exact) mass is 412 g/mol. The lowest BCUT2D eigenvalue weighted by atomic mass is 10.1. The van der Waals surface area contributed by atoms with Crippen LogP contribution in [0.5, 0.6) is 5.75 Å². The highest BCUT2D eigenvalue weighted by Gasteiger charge is 2.20. The summed E-state index contributed by atoms with van der Waals surface area (Å²) >= 11 is 1.54. The fourth-order valence-corrected chi connectivity index (χ4v) is 3.22. The van der Waals surface area contributed by atoms with Crippen molar-refractivity contribution < 1.29 is 19.4 Å². The number of nitrogens with one attached hydrogen (secondary N) is 1. The fourth-order valence-electron chi connectivity index (χ4n) is 2.56. The molecule has 0 aliphatic carbocycles. The molecule has 150 valence electrons. The molecule has 0 saturated carbocycles. The van der Waals surface area contributed by atoms with Crippen LogP contribution in [0.2, 0.25) is 0 Å². The minimum absolute atomic E-state index is 0.227. The van der Waals surface area contributed by atoms with E-state index < -0.39 is 18.1 Å². The Balaban J connectivity index is 1.74. The van der Waals surface area contributed by atoms with Gasteiger partial charge in [-0.1, -0.05) is 12.1 Å². The van der Waals surface area contributed by atoms with Crippen LogP contribution in [0.15, 0.2) is 53.6 Å². The third-order valence-corrected chi connectivity index (χ3v) is 4.77. The Labute approximate surface area is 171 Å². The molecule has 1 aromatic carbocycles. The summed E-state index contributed by atoms with van der Waals surface area (Å²) < 4.78 is 5.18. The second-order valence-corrected chi connectivity index (χ2v) is 7.22. The van der Waals surface area contributed by atoms with Crippen LogP contribution in [0.3, 0.4) is 0 Å². The van der Waals surface area contributed by atoms with Crippen LogP contribution in [-0.4, -0.2) is 52.2 Å². The van der Waals surface area contributed by atoms with Gasteiger partial charge in [0, 0.05) is 32.3 Å². The number of benzene rings is 1. The van der Waals surface area contributed by atoms with E-state index in [-0.39, 0.29) is 6.42 Å². The molecule has 0 bridgehead atoms. The zero-order valence-electron chi connectivity index (χ0n) is 15.9. The quantitative estimate of drug-likeness (QED) is 0.613. The summed E-state index contributed by atoms with van der Waals surface area (Å²) in [6, 6.07) is 7.77. The summed E-state index contributed by atoms with van der Waals surface area (Å²) in [6.07, 6.45) is 2.78. The van der Waals surface area contributed by atoms with Crippen molar-refractivity contribution in [3.8, 4) is 16.9 Å². The highest BCUT2D eigenvalue weighted by atomic mass is 32.1. The molecule has 2 aromatic heterocycles. The smallest absolute Gasteiger partial charge is 0.414 e. The molecule has 1 atom stereocenters. The van der Waals surface area contributed by atoms with Gasteiger partial charge in [0.25, 0.3) is 0 Å². The van der Waals surface area contributed by atoms with Gasteiger partial charge in [-0.05, 0) is 40.1 Å². The Bertz CT molecular complexity index is 974. The van der Waals surface area contributed by atoms with Gasteiger partial charge in [0.15, 0.2) is 0 Å². The summed E-state index contributed by atoms with van der Waals surface area (Å²) in [7, 11) is 3.19. The molecule has 2 heterocycles. The van der Waals surface area contributed by atoms with Gasteiger partial charge in [-0.2, -0.15) is 11.3 Å². The molecule has 0 radical (unpaired) electrons. The highest BCUT2D eigenvalue weighted by Crippen LogP contribution is 2.28. The van der Waals surface area contributed by atoms with Crippen molar-refractivity contribution in [1.29, 1.82) is 0 Å². The average Bonchev–Trinajstić information content (AvgIpc) is 3.23. The normalized spacial score (nSPS) is 11.5. The van der Waals surface area contributed by atoms with Gasteiger partial charge < -0.3 is 20.1 Å². The number of hydrogen-bond acceptors (Lipinski definition) is 7. The van der Waals surface area contributed by atoms with Gasteiger partial charge in [0.1, 0.15) is 23.9 Å². The van der Waals surface area contributed by atoms with Gasteiger partial charge in [-0.3, -0.25) is 0 Å². The Morgan fingerprint density at radius 3 is 2.62 bits per heavy atom. The number of hydrogen-bond donors (Lipinski definition) is 2. The Morgan fingerprint density at radius 2 is 2.00 bits per heavy atom. The molecule has 9 heteroatoms. The molecule has 0 fully saturated rings. The average molecular weight is 412 g/mol. The molecular weight excluding hydrogens is 392 g/mol. The van der Waals surface area contributed by atoms with E-state index in [1.807, 2.05) is 16.8 Å². The van der Waals surface area contributed by atoms with Crippen molar-refractivity contribution in [3.63, 3.8) is 0 Å². The van der Waals surface area contributed by atoms with E-state index in [1.165, 1.54) is 22.6 Å². The predicted molar refractivity (Wildman–Crippen MR) is 110 cm³/mol. The van der Waals surface area contributed by atoms with E-state index in [1.54, 1.807) is 44.6 Å². The Morgan fingerprint density at radius 1 is 1.24 bits per heavy atom. The van der Waals surface area contributed by atoms with Gasteiger partial charge in [-0.15, -0.1) is 0 Å². The summed E-state index contributed by atoms with van der Waals surface area (Å²) in [6.45, 7) is 0. The second-order valence-electron chi connectivity index (χ2n) is 6.44. The maximum atomic E-state index is 11.8. The lowest BCUT2D eigenvalue weighted by Crippen LogP contribution is -2.32. The van der Waals surface area contributed by atoms with Gasteiger partial charge in [0.2, 0.25) is 0 Å². The number of amides is 1. The minimum atomic E-state index is -0.997. The molecule has 1 amide bonds. The molecule has 0 saturated heterocycles. The van der Waals surface area contributed by atoms with Crippen molar-refractivity contribution in [1.82, 2.24) is 14.9 Å². The van der Waals surface area contributed by atoms with Crippen molar-refractivity contribution in [2.24, 2.45) is 0 Å². The van der Waals surface area contributed by atoms with Crippen LogP contribution in [0.4, 0.5) is 10.6 Å². The van der Waals surface area contributed by atoms with Crippen LogP contribution >= 0.6 is 11.3 Å². The summed E-state index contributed by atoms with van der Waals surface area (Å²) in [5.74, 6) is -0.145. The summed E-state index contributed by atoms with van der Waals surface area (Å²) in [4.78, 5) is 33.0. The van der Waals surface area contributed by atoms with E-state index in [0.29, 0.717) is 11.6 Å². The number of ether oxygens (including phenoxy) is 1. The highest BCUT2D eigenvalue weighted by molar-refractivity contribution is 7.08. The van der Waals surface area contributed by atoms with Crippen LogP contribution in [0, 0.1) is 0 Å². The molecule has 0 unspecified atom stereocenters. The van der Waals surface area contributed by atoms with Crippen molar-refractivity contribution in [2.75, 3.05) is 19.4 Å². The first-order chi connectivity index (χ1) is 13.9. The number of carboxylic acids is 1. The topological polar surface area (TPSA) is 105 Å². The molecule has 3 rings (SSSR count). The SMILES string of the molecule is CN(C)C(=O)Oc1ccc(C[C@H](Nc2ncncc2-c2ccsc2)C(=O)O)cc1. The first kappa shape index (κ1) is 20.3. The summed E-state index contributed by atoms with van der Waals surface area (Å²) in [5, 5.41) is 16.6. The Kier molecular flexibility index (Phi) is 6.40. The van der Waals surface area contributed by atoms with Crippen LogP contribution in [-0.2, 0) is 11.2 Å². The van der Waals surface area contributed by atoms with E-state index in [0.717, 1.165) is 16.7 Å². The summed E-state index contributed by atoms with van der Waals surface area (Å²) in [5.41, 5.74) is 2.45. The number of rotatable bonds is 7. The van der Waals surface area contributed by atoms with E-state index in [9.17, 15) is 14.7 Å². The number of carbonyl (C=O) groups is 2. The number of aliphatic carboxylic acids is 1. The molecule has 2 N–H and O–H groups in total. The molecule has 0 spiro atoms. The van der Waals surface area contributed by atoms with E-state index in [2.05, 4.69) is 15.3 Å². The van der Waals surface area contributed by atoms with Gasteiger partial charge in [-0.25, -0.2) is 19.6 Å². The molecule has 0 aliphatic rings. The first-order valence-corrected chi connectivity index (χ1v) is 9.68. The van der Waals surface area contributed by atoms with Crippen LogP contribution in [0.25, 0.3) is 11.1 Å². The van der Waals surface area contributed by atoms with Crippen LogP contribution in [0.1, 0.15) is 5.56 Å². The zero-order chi connectivity index (χ0) is 20.8. The number of anilines is 1. The van der Waals surface area contributed by atoms with E-state index in [4.69, 9.17) is 4.74 Å². The fraction of sp³-hybridized carbons (Fsp3) is 0.200. The van der Waals surface area contributed by atoms with Crippen LogP contribution < -0.4 is 10.1 Å². The maximum Gasteiger partial charge on any atom is 0.414 e. The predicted octanol–water partition coefficient (Wildman–Crippen LogP) is 3.37. The molecule has 3 aromatic rings. The number of aromatic nitrogens is 2. The van der Waals surface area contributed by atoms with Crippen molar-refractivity contribution in [3.05, 3.63) is 59.2 Å². The van der Waals surface area contributed by atoms with Gasteiger partial charge >= 0.3 is 12.1 Å². The zero-order valence-corrected chi connectivity index (χ0v) is 16.7. The third kappa shape index (κ3) is 5.29. The standard InChI is InChI=1S/C20H20N4O4S/c1-24(2)20(27)28-15-5-3-13(4-6-15)9-17(19(25)26)23-18-16(10-21-12-22-18)14-7-8-29-11-14/h3-8,10-12,17H,9H2,1-2H3,(H,25,26)(H,21,22,23)/t17-/m0/s1. The maximum absolute atomic E-state index is 11.8. The molecule has 29 heavy (non-hydrogen) atoms. The van der Waals surface area contributed by atoms with Crippen molar-refractivity contribution >= 4 is 29.2 Å². The number of nitrogens with zero attached hydrogens (tertiary/aromatic N) is 3. The number of carboxylic acid groups (broad SMARTS) is 1. The number of thiophene rings is 1. The minimum Gasteiger partial charge on any atom is -0.480 e. The lowest BCUT2D eigenvalue weighted by Gasteiger charge is -2.17. The largest absolute Gasteiger partial charge is 0.480 e. The number of carbonyl (C=O) groups excluding carboxylic acids is 1. The Hall–Kier alpha value is -3.46. The second kappa shape index (κ2) is 9.16. The van der Waals surface area contributed by atoms with E-state index >= 15 is 0 Å². The molecule has 0 aliphatic heterocycles. The molecular formula is C20H20N4O4S. The molecule has 8 nitrogen and oxygen atoms in total. The van der Waals surface area contributed by atoms with Gasteiger partial charge in [0.05, 0.1) is 0 Å². The third-order valence-electron chi connectivity index (χ3n) is 4.09.